The predicted octanol–water partition coefficient (Wildman–Crippen LogP) is 2.07. The van der Waals surface area contributed by atoms with Crippen molar-refractivity contribution >= 4 is 12.1 Å². The maximum atomic E-state index is 12.4. The Morgan fingerprint density at radius 2 is 1.93 bits per heavy atom. The molecular weight excluding hydrogens is 344 g/mol. The van der Waals surface area contributed by atoms with E-state index in [2.05, 4.69) is 52.6 Å². The highest BCUT2D eigenvalue weighted by Gasteiger charge is 2.29. The highest BCUT2D eigenvalue weighted by Crippen LogP contribution is 2.23. The normalized spacial score (nSPS) is 19.2. The molecule has 0 aromatic heterocycles. The molecule has 7 nitrogen and oxygen atoms in total. The molecule has 27 heavy (non-hydrogen) atoms. The van der Waals surface area contributed by atoms with E-state index >= 15 is 0 Å². The van der Waals surface area contributed by atoms with Crippen LogP contribution in [0.1, 0.15) is 29.2 Å². The molecule has 1 saturated heterocycles. The fourth-order valence-electron chi connectivity index (χ4n) is 2.93. The Morgan fingerprint density at radius 3 is 2.63 bits per heavy atom. The number of ether oxygens (including phenoxy) is 2. The minimum absolute atomic E-state index is 0.0869. The van der Waals surface area contributed by atoms with E-state index in [1.54, 1.807) is 38.6 Å². The van der Waals surface area contributed by atoms with Crippen molar-refractivity contribution in [2.75, 3.05) is 14.2 Å². The van der Waals surface area contributed by atoms with E-state index in [-0.39, 0.29) is 18.0 Å². The number of hydrazine groups is 1. The number of benzene rings is 2. The number of nitrogens with one attached hydrogen (secondary N) is 3. The summed E-state index contributed by atoms with van der Waals surface area (Å²) in [6.45, 7) is 2.05. The van der Waals surface area contributed by atoms with Crippen LogP contribution in [0.4, 0.5) is 0 Å². The van der Waals surface area contributed by atoms with E-state index in [0.29, 0.717) is 23.5 Å². The van der Waals surface area contributed by atoms with Crippen LogP contribution in [0.25, 0.3) is 0 Å². The summed E-state index contributed by atoms with van der Waals surface area (Å²) in [5.74, 6) is 1.13. The highest BCUT2D eigenvalue weighted by atomic mass is 16.5. The predicted molar refractivity (Wildman–Crippen MR) is 104 cm³/mol. The number of aryl methyl sites for hydroxylation is 1. The van der Waals surface area contributed by atoms with Gasteiger partial charge >= 0.3 is 0 Å². The van der Waals surface area contributed by atoms with E-state index in [0.717, 1.165) is 5.56 Å². The lowest BCUT2D eigenvalue weighted by Crippen LogP contribution is -2.41. The van der Waals surface area contributed by atoms with Crippen molar-refractivity contribution in [1.82, 2.24) is 16.3 Å². The summed E-state index contributed by atoms with van der Waals surface area (Å²) in [5.41, 5.74) is 11.8. The number of nitrogens with zero attached hydrogens (tertiary/aromatic N) is 1. The van der Waals surface area contributed by atoms with Gasteiger partial charge in [-0.25, -0.2) is 16.3 Å². The van der Waals surface area contributed by atoms with Gasteiger partial charge in [0.2, 0.25) is 0 Å². The summed E-state index contributed by atoms with van der Waals surface area (Å²) in [5, 5.41) is 4.05. The fraction of sp³-hybridized carbons (Fsp3) is 0.300. The average molecular weight is 368 g/mol. The Kier molecular flexibility index (Phi) is 6.05. The number of hydrogen-bond donors (Lipinski definition) is 3. The number of hydrazone groups is 1. The molecule has 7 heteroatoms. The molecule has 0 radical (unpaired) electrons. The molecule has 1 fully saturated rings. The SMILES string of the molecule is COc1ccc(OC)c(/C=N/NC(=O)C2CC(c3ccc(C)cc3)NN2)c1. The van der Waals surface area contributed by atoms with Gasteiger partial charge in [0, 0.05) is 11.6 Å². The molecule has 0 spiro atoms. The van der Waals surface area contributed by atoms with Crippen molar-refractivity contribution in [1.29, 1.82) is 0 Å². The molecule has 2 unspecified atom stereocenters. The molecule has 2 aromatic rings. The Bertz CT molecular complexity index is 820. The topological polar surface area (TPSA) is 84.0 Å². The molecule has 3 rings (SSSR count). The van der Waals surface area contributed by atoms with E-state index in [1.807, 2.05) is 0 Å². The van der Waals surface area contributed by atoms with Crippen LogP contribution in [0.15, 0.2) is 47.6 Å². The van der Waals surface area contributed by atoms with Crippen molar-refractivity contribution in [3.8, 4) is 11.5 Å². The van der Waals surface area contributed by atoms with Crippen LogP contribution < -0.4 is 25.8 Å². The van der Waals surface area contributed by atoms with Crippen molar-refractivity contribution in [2.24, 2.45) is 5.10 Å². The number of amides is 1. The summed E-state index contributed by atoms with van der Waals surface area (Å²) in [6, 6.07) is 13.4. The molecule has 142 valence electrons. The van der Waals surface area contributed by atoms with Crippen molar-refractivity contribution in [3.63, 3.8) is 0 Å². The molecule has 1 amide bonds. The monoisotopic (exact) mass is 368 g/mol. The Morgan fingerprint density at radius 1 is 1.15 bits per heavy atom. The molecule has 1 aliphatic rings. The largest absolute Gasteiger partial charge is 0.497 e. The van der Waals surface area contributed by atoms with Gasteiger partial charge in [0.25, 0.3) is 5.91 Å². The van der Waals surface area contributed by atoms with Crippen LogP contribution in [0, 0.1) is 6.92 Å². The molecule has 2 atom stereocenters. The second-order valence-electron chi connectivity index (χ2n) is 6.38. The highest BCUT2D eigenvalue weighted by molar-refractivity contribution is 5.87. The summed E-state index contributed by atoms with van der Waals surface area (Å²) in [6.07, 6.45) is 2.19. The first-order valence-corrected chi connectivity index (χ1v) is 8.73. The lowest BCUT2D eigenvalue weighted by atomic mass is 10.0. The van der Waals surface area contributed by atoms with E-state index in [4.69, 9.17) is 9.47 Å². The smallest absolute Gasteiger partial charge is 0.258 e. The van der Waals surface area contributed by atoms with Crippen LogP contribution >= 0.6 is 0 Å². The molecule has 3 N–H and O–H groups in total. The lowest BCUT2D eigenvalue weighted by molar-refractivity contribution is -0.122. The van der Waals surface area contributed by atoms with Gasteiger partial charge in [-0.1, -0.05) is 29.8 Å². The molecule has 0 bridgehead atoms. The molecule has 0 saturated carbocycles. The molecule has 0 aliphatic carbocycles. The molecule has 1 aliphatic heterocycles. The van der Waals surface area contributed by atoms with E-state index in [9.17, 15) is 4.79 Å². The quantitative estimate of drug-likeness (QED) is 0.537. The van der Waals surface area contributed by atoms with E-state index in [1.165, 1.54) is 5.56 Å². The van der Waals surface area contributed by atoms with Crippen LogP contribution in [0.5, 0.6) is 11.5 Å². The zero-order valence-corrected chi connectivity index (χ0v) is 15.7. The van der Waals surface area contributed by atoms with Crippen molar-refractivity contribution in [2.45, 2.75) is 25.4 Å². The second kappa shape index (κ2) is 8.66. The summed E-state index contributed by atoms with van der Waals surface area (Å²) < 4.78 is 10.5. The van der Waals surface area contributed by atoms with Crippen LogP contribution in [0.3, 0.4) is 0 Å². The first-order valence-electron chi connectivity index (χ1n) is 8.73. The zero-order valence-electron chi connectivity index (χ0n) is 15.7. The van der Waals surface area contributed by atoms with Crippen LogP contribution in [-0.4, -0.2) is 32.4 Å². The Hall–Kier alpha value is -2.90. The van der Waals surface area contributed by atoms with Crippen molar-refractivity contribution in [3.05, 3.63) is 59.2 Å². The van der Waals surface area contributed by atoms with Gasteiger partial charge in [-0.2, -0.15) is 5.10 Å². The number of methoxy groups -OCH3 is 2. The van der Waals surface area contributed by atoms with Gasteiger partial charge in [-0.05, 0) is 37.1 Å². The summed E-state index contributed by atoms with van der Waals surface area (Å²) in [4.78, 5) is 12.4. The third-order valence-corrected chi connectivity index (χ3v) is 4.51. The number of hydrogen-bond acceptors (Lipinski definition) is 6. The number of carbonyl (C=O) groups is 1. The van der Waals surface area contributed by atoms with Crippen LogP contribution in [-0.2, 0) is 4.79 Å². The minimum atomic E-state index is -0.361. The lowest BCUT2D eigenvalue weighted by Gasteiger charge is -2.09. The zero-order chi connectivity index (χ0) is 19.2. The summed E-state index contributed by atoms with van der Waals surface area (Å²) >= 11 is 0. The molecule has 2 aromatic carbocycles. The fourth-order valence-corrected chi connectivity index (χ4v) is 2.93. The van der Waals surface area contributed by atoms with Gasteiger partial charge in [0.15, 0.2) is 0 Å². The molecular formula is C20H24N4O3. The van der Waals surface area contributed by atoms with Gasteiger partial charge in [0.05, 0.1) is 20.4 Å². The van der Waals surface area contributed by atoms with Gasteiger partial charge < -0.3 is 9.47 Å². The van der Waals surface area contributed by atoms with Crippen LogP contribution in [0.2, 0.25) is 0 Å². The average Bonchev–Trinajstić information content (AvgIpc) is 3.18. The molecule has 1 heterocycles. The van der Waals surface area contributed by atoms with E-state index < -0.39 is 0 Å². The standard InChI is InChI=1S/C20H24N4O3/c1-13-4-6-14(7-5-13)17-11-18(23-22-17)20(25)24-21-12-15-10-16(26-2)8-9-19(15)27-3/h4-10,12,17-18,22-23H,11H2,1-3H3,(H,24,25)/b21-12+. The maximum absolute atomic E-state index is 12.4. The maximum Gasteiger partial charge on any atom is 0.258 e. The minimum Gasteiger partial charge on any atom is -0.497 e. The van der Waals surface area contributed by atoms with Gasteiger partial charge in [-0.3, -0.25) is 4.79 Å². The summed E-state index contributed by atoms with van der Waals surface area (Å²) in [7, 11) is 3.17. The third-order valence-electron chi connectivity index (χ3n) is 4.51. The number of rotatable bonds is 6. The Labute approximate surface area is 158 Å². The van der Waals surface area contributed by atoms with Gasteiger partial charge in [-0.15, -0.1) is 0 Å². The second-order valence-corrected chi connectivity index (χ2v) is 6.38. The third kappa shape index (κ3) is 4.64. The Balaban J connectivity index is 1.58. The first-order chi connectivity index (χ1) is 13.1. The van der Waals surface area contributed by atoms with Crippen molar-refractivity contribution < 1.29 is 14.3 Å². The number of carbonyl (C=O) groups excluding carboxylic acids is 1. The first kappa shape index (κ1) is 18.9. The van der Waals surface area contributed by atoms with Gasteiger partial charge in [0.1, 0.15) is 17.5 Å².